The number of aromatic nitrogens is 5. The smallest absolute Gasteiger partial charge is 0.258 e. The predicted octanol–water partition coefficient (Wildman–Crippen LogP) is 3.25. The van der Waals surface area contributed by atoms with Crippen LogP contribution in [0.5, 0.6) is 0 Å². The van der Waals surface area contributed by atoms with Gasteiger partial charge in [0.15, 0.2) is 0 Å². The minimum atomic E-state index is -0.338. The lowest BCUT2D eigenvalue weighted by Gasteiger charge is -2.34. The lowest BCUT2D eigenvalue weighted by molar-refractivity contribution is 0.0623. The zero-order chi connectivity index (χ0) is 22.9. The van der Waals surface area contributed by atoms with Crippen LogP contribution in [0, 0.1) is 12.7 Å². The van der Waals surface area contributed by atoms with Gasteiger partial charge in [-0.1, -0.05) is 18.0 Å². The Morgan fingerprint density at radius 3 is 2.55 bits per heavy atom. The van der Waals surface area contributed by atoms with Crippen LogP contribution in [0.4, 0.5) is 4.39 Å². The van der Waals surface area contributed by atoms with Crippen LogP contribution >= 0.6 is 11.6 Å². The number of halogens is 2. The number of fused-ring (bicyclic) bond motifs is 1. The van der Waals surface area contributed by atoms with E-state index in [1.807, 2.05) is 4.90 Å². The number of rotatable bonds is 4. The number of nitrogens with zero attached hydrogens (tertiary/aromatic N) is 7. The average Bonchev–Trinajstić information content (AvgIpc) is 3.22. The Hall–Kier alpha value is -2.78. The molecule has 2 aliphatic rings. The molecule has 0 atom stereocenters. The van der Waals surface area contributed by atoms with Gasteiger partial charge in [0, 0.05) is 39.1 Å². The van der Waals surface area contributed by atoms with Gasteiger partial charge in [-0.3, -0.25) is 9.69 Å². The Labute approximate surface area is 196 Å². The van der Waals surface area contributed by atoms with E-state index < -0.39 is 0 Å². The predicted molar refractivity (Wildman–Crippen MR) is 122 cm³/mol. The molecule has 8 nitrogen and oxygen atoms in total. The van der Waals surface area contributed by atoms with E-state index in [1.54, 1.807) is 19.1 Å². The molecule has 5 rings (SSSR count). The molecule has 174 valence electrons. The van der Waals surface area contributed by atoms with E-state index >= 15 is 0 Å². The van der Waals surface area contributed by atoms with Crippen LogP contribution in [-0.2, 0) is 19.5 Å². The summed E-state index contributed by atoms with van der Waals surface area (Å²) in [5.74, 6) is 1.66. The SMILES string of the molecule is Cc1nn(-c2ccc(F)cc2)c(Cl)c1C(=O)N1CCN(Cc2nnc3n2CCCCC3)CC1. The van der Waals surface area contributed by atoms with Crippen molar-refractivity contribution in [1.82, 2.24) is 34.3 Å². The molecule has 1 fully saturated rings. The van der Waals surface area contributed by atoms with Gasteiger partial charge in [-0.15, -0.1) is 10.2 Å². The zero-order valence-corrected chi connectivity index (χ0v) is 19.4. The second-order valence-corrected chi connectivity index (χ2v) is 9.06. The van der Waals surface area contributed by atoms with Gasteiger partial charge in [0.05, 0.1) is 23.5 Å². The van der Waals surface area contributed by atoms with Crippen molar-refractivity contribution < 1.29 is 9.18 Å². The highest BCUT2D eigenvalue weighted by Gasteiger charge is 2.29. The first-order chi connectivity index (χ1) is 16.0. The number of piperazine rings is 1. The maximum Gasteiger partial charge on any atom is 0.258 e. The lowest BCUT2D eigenvalue weighted by atomic mass is 10.2. The van der Waals surface area contributed by atoms with Crippen molar-refractivity contribution >= 4 is 17.5 Å². The maximum absolute atomic E-state index is 13.3. The minimum absolute atomic E-state index is 0.123. The topological polar surface area (TPSA) is 72.1 Å². The average molecular weight is 472 g/mol. The Morgan fingerprint density at radius 1 is 1.03 bits per heavy atom. The van der Waals surface area contributed by atoms with Crippen LogP contribution in [0.25, 0.3) is 5.69 Å². The number of carbonyl (C=O) groups excluding carboxylic acids is 1. The van der Waals surface area contributed by atoms with Gasteiger partial charge < -0.3 is 9.47 Å². The van der Waals surface area contributed by atoms with Gasteiger partial charge in [-0.2, -0.15) is 5.10 Å². The van der Waals surface area contributed by atoms with E-state index in [0.29, 0.717) is 30.0 Å². The first-order valence-electron chi connectivity index (χ1n) is 11.4. The van der Waals surface area contributed by atoms with Crippen molar-refractivity contribution in [2.24, 2.45) is 0 Å². The fraction of sp³-hybridized carbons (Fsp3) is 0.478. The van der Waals surface area contributed by atoms with Crippen LogP contribution in [0.3, 0.4) is 0 Å². The summed E-state index contributed by atoms with van der Waals surface area (Å²) in [5.41, 5.74) is 1.57. The molecule has 4 heterocycles. The Morgan fingerprint density at radius 2 is 1.79 bits per heavy atom. The van der Waals surface area contributed by atoms with Crippen LogP contribution in [0.1, 0.15) is 47.0 Å². The van der Waals surface area contributed by atoms with Gasteiger partial charge in [-0.25, -0.2) is 9.07 Å². The number of hydrogen-bond acceptors (Lipinski definition) is 5. The number of benzene rings is 1. The van der Waals surface area contributed by atoms with Crippen molar-refractivity contribution in [1.29, 1.82) is 0 Å². The van der Waals surface area contributed by atoms with Crippen LogP contribution in [0.15, 0.2) is 24.3 Å². The number of hydrogen-bond donors (Lipinski definition) is 0. The van der Waals surface area contributed by atoms with E-state index in [9.17, 15) is 9.18 Å². The largest absolute Gasteiger partial charge is 0.336 e. The molecule has 0 spiro atoms. The van der Waals surface area contributed by atoms with Crippen LogP contribution in [-0.4, -0.2) is 66.4 Å². The minimum Gasteiger partial charge on any atom is -0.336 e. The van der Waals surface area contributed by atoms with Crippen LogP contribution in [0.2, 0.25) is 5.15 Å². The van der Waals surface area contributed by atoms with E-state index in [-0.39, 0.29) is 16.9 Å². The third-order valence-electron chi connectivity index (χ3n) is 6.50. The molecule has 2 aromatic heterocycles. The first-order valence-corrected chi connectivity index (χ1v) is 11.8. The van der Waals surface area contributed by atoms with E-state index in [0.717, 1.165) is 44.2 Å². The third-order valence-corrected chi connectivity index (χ3v) is 6.85. The summed E-state index contributed by atoms with van der Waals surface area (Å²) in [6, 6.07) is 5.87. The van der Waals surface area contributed by atoms with Gasteiger partial charge >= 0.3 is 0 Å². The molecule has 0 radical (unpaired) electrons. The molecular formula is C23H27ClFN7O. The molecule has 0 aliphatic carbocycles. The zero-order valence-electron chi connectivity index (χ0n) is 18.7. The van der Waals surface area contributed by atoms with Crippen LogP contribution < -0.4 is 0 Å². The fourth-order valence-corrected chi connectivity index (χ4v) is 4.98. The molecule has 2 aliphatic heterocycles. The summed E-state index contributed by atoms with van der Waals surface area (Å²) < 4.78 is 17.0. The molecule has 0 bridgehead atoms. The molecule has 0 saturated carbocycles. The van der Waals surface area contributed by atoms with Gasteiger partial charge in [0.25, 0.3) is 5.91 Å². The summed E-state index contributed by atoms with van der Waals surface area (Å²) in [5, 5.41) is 13.5. The highest BCUT2D eigenvalue weighted by atomic mass is 35.5. The van der Waals surface area contributed by atoms with Crippen molar-refractivity contribution in [3.8, 4) is 5.69 Å². The summed E-state index contributed by atoms with van der Waals surface area (Å²) in [7, 11) is 0. The highest BCUT2D eigenvalue weighted by Crippen LogP contribution is 2.26. The number of amides is 1. The Bertz CT molecular complexity index is 1150. The van der Waals surface area contributed by atoms with E-state index in [2.05, 4.69) is 24.8 Å². The molecule has 1 amide bonds. The molecule has 10 heteroatoms. The molecule has 0 unspecified atom stereocenters. The second-order valence-electron chi connectivity index (χ2n) is 8.70. The van der Waals surface area contributed by atoms with Crippen molar-refractivity contribution in [3.63, 3.8) is 0 Å². The fourth-order valence-electron chi connectivity index (χ4n) is 4.62. The summed E-state index contributed by atoms with van der Waals surface area (Å²) in [6.07, 6.45) is 4.59. The summed E-state index contributed by atoms with van der Waals surface area (Å²) in [6.45, 7) is 6.25. The summed E-state index contributed by atoms with van der Waals surface area (Å²) >= 11 is 6.55. The van der Waals surface area contributed by atoms with Crippen molar-refractivity contribution in [3.05, 3.63) is 58.1 Å². The van der Waals surface area contributed by atoms with E-state index in [1.165, 1.54) is 36.1 Å². The summed E-state index contributed by atoms with van der Waals surface area (Å²) in [4.78, 5) is 17.4. The number of aryl methyl sites for hydroxylation is 2. The van der Waals surface area contributed by atoms with Gasteiger partial charge in [-0.05, 0) is 44.0 Å². The molecular weight excluding hydrogens is 445 g/mol. The van der Waals surface area contributed by atoms with E-state index in [4.69, 9.17) is 11.6 Å². The maximum atomic E-state index is 13.3. The Kier molecular flexibility index (Phi) is 6.16. The third kappa shape index (κ3) is 4.39. The molecule has 1 aromatic carbocycles. The normalized spacial score (nSPS) is 17.1. The second kappa shape index (κ2) is 9.23. The Balaban J connectivity index is 1.25. The van der Waals surface area contributed by atoms with Gasteiger partial charge in [0.1, 0.15) is 22.6 Å². The lowest BCUT2D eigenvalue weighted by Crippen LogP contribution is -2.48. The molecule has 0 N–H and O–H groups in total. The van der Waals surface area contributed by atoms with Crippen molar-refractivity contribution in [2.45, 2.75) is 45.7 Å². The molecule has 1 saturated heterocycles. The van der Waals surface area contributed by atoms with Crippen molar-refractivity contribution in [2.75, 3.05) is 26.2 Å². The first kappa shape index (κ1) is 22.0. The standard InChI is InChI=1S/C23H27ClFN7O/c1-16-21(22(24)32(28-16)18-8-6-17(25)7-9-18)23(33)30-13-11-29(12-14-30)15-20-27-26-19-5-3-2-4-10-31(19)20/h6-9H,2-5,10-15H2,1H3. The quantitative estimate of drug-likeness (QED) is 0.584. The highest BCUT2D eigenvalue weighted by molar-refractivity contribution is 6.33. The molecule has 3 aromatic rings. The number of carbonyl (C=O) groups is 1. The molecule has 33 heavy (non-hydrogen) atoms. The van der Waals surface area contributed by atoms with Gasteiger partial charge in [0.2, 0.25) is 0 Å². The monoisotopic (exact) mass is 471 g/mol.